The predicted octanol–water partition coefficient (Wildman–Crippen LogP) is 4.98. The first kappa shape index (κ1) is 24.9. The zero-order chi connectivity index (χ0) is 21.5. The number of anilines is 2. The molecule has 0 radical (unpaired) electrons. The predicted molar refractivity (Wildman–Crippen MR) is 125 cm³/mol. The number of amides is 2. The normalized spacial score (nSPS) is 15.0. The van der Waals surface area contributed by atoms with Gasteiger partial charge in [-0.15, -0.1) is 12.4 Å². The molecule has 0 bridgehead atoms. The lowest BCUT2D eigenvalue weighted by molar-refractivity contribution is 0.0298. The van der Waals surface area contributed by atoms with E-state index < -0.39 is 6.09 Å². The second-order valence-electron chi connectivity index (χ2n) is 7.69. The SMILES string of the molecule is CC(C)C(OC(=O)Nc1ccccc1C(=O)Nc1ccc(Cl)cn1)C1CCNCC1.Cl. The maximum Gasteiger partial charge on any atom is 0.411 e. The molecule has 9 heteroatoms. The molecule has 1 aliphatic rings. The van der Waals surface area contributed by atoms with Crippen LogP contribution in [0, 0.1) is 11.8 Å². The lowest BCUT2D eigenvalue weighted by Gasteiger charge is -2.32. The zero-order valence-corrected chi connectivity index (χ0v) is 19.1. The second-order valence-corrected chi connectivity index (χ2v) is 8.12. The fraction of sp³-hybridized carbons (Fsp3) is 0.409. The Balaban J connectivity index is 0.00000341. The van der Waals surface area contributed by atoms with E-state index in [9.17, 15) is 9.59 Å². The Hall–Kier alpha value is -2.35. The summed E-state index contributed by atoms with van der Waals surface area (Å²) in [7, 11) is 0. The molecule has 7 nitrogen and oxygen atoms in total. The number of piperidine rings is 1. The highest BCUT2D eigenvalue weighted by atomic mass is 35.5. The van der Waals surface area contributed by atoms with E-state index in [1.807, 2.05) is 0 Å². The van der Waals surface area contributed by atoms with Gasteiger partial charge in [0.15, 0.2) is 0 Å². The molecule has 1 saturated heterocycles. The molecule has 3 rings (SSSR count). The summed E-state index contributed by atoms with van der Waals surface area (Å²) in [6, 6.07) is 10.0. The number of hydrogen-bond acceptors (Lipinski definition) is 5. The number of aromatic nitrogens is 1. The summed E-state index contributed by atoms with van der Waals surface area (Å²) in [6.45, 7) is 5.97. The second kappa shape index (κ2) is 11.9. The van der Waals surface area contributed by atoms with E-state index >= 15 is 0 Å². The molecule has 31 heavy (non-hydrogen) atoms. The number of hydrogen-bond donors (Lipinski definition) is 3. The largest absolute Gasteiger partial charge is 0.445 e. The van der Waals surface area contributed by atoms with Gasteiger partial charge in [0.25, 0.3) is 5.91 Å². The van der Waals surface area contributed by atoms with Crippen molar-refractivity contribution in [1.29, 1.82) is 0 Å². The quantitative estimate of drug-likeness (QED) is 0.557. The van der Waals surface area contributed by atoms with Crippen molar-refractivity contribution in [3.05, 3.63) is 53.2 Å². The molecule has 1 unspecified atom stereocenters. The first-order chi connectivity index (χ1) is 14.4. The molecule has 1 fully saturated rings. The minimum atomic E-state index is -0.558. The number of pyridine rings is 1. The maximum atomic E-state index is 12.7. The third-order valence-corrected chi connectivity index (χ3v) is 5.35. The molecule has 1 aromatic carbocycles. The first-order valence-electron chi connectivity index (χ1n) is 10.1. The van der Waals surface area contributed by atoms with E-state index in [4.69, 9.17) is 16.3 Å². The number of nitrogens with zero attached hydrogens (tertiary/aromatic N) is 1. The Labute approximate surface area is 193 Å². The molecule has 168 valence electrons. The van der Waals surface area contributed by atoms with E-state index in [2.05, 4.69) is 34.8 Å². The average molecular weight is 467 g/mol. The van der Waals surface area contributed by atoms with Crippen LogP contribution in [-0.2, 0) is 4.74 Å². The van der Waals surface area contributed by atoms with Gasteiger partial charge < -0.3 is 15.4 Å². The van der Waals surface area contributed by atoms with E-state index in [1.165, 1.54) is 6.20 Å². The topological polar surface area (TPSA) is 92.3 Å². The highest BCUT2D eigenvalue weighted by molar-refractivity contribution is 6.30. The van der Waals surface area contributed by atoms with E-state index in [0.29, 0.717) is 28.0 Å². The van der Waals surface area contributed by atoms with Crippen molar-refractivity contribution in [1.82, 2.24) is 10.3 Å². The van der Waals surface area contributed by atoms with Gasteiger partial charge in [0.2, 0.25) is 0 Å². The molecule has 3 N–H and O–H groups in total. The summed E-state index contributed by atoms with van der Waals surface area (Å²) in [5, 5.41) is 9.24. The van der Waals surface area contributed by atoms with E-state index in [0.717, 1.165) is 25.9 Å². The highest BCUT2D eigenvalue weighted by Gasteiger charge is 2.29. The van der Waals surface area contributed by atoms with E-state index in [1.54, 1.807) is 36.4 Å². The van der Waals surface area contributed by atoms with Crippen molar-refractivity contribution in [2.24, 2.45) is 11.8 Å². The summed E-state index contributed by atoms with van der Waals surface area (Å²) in [6.07, 6.45) is 2.67. The number of rotatable bonds is 6. The van der Waals surface area contributed by atoms with Crippen LogP contribution in [0.2, 0.25) is 5.02 Å². The molecular weight excluding hydrogens is 439 g/mol. The molecule has 0 aliphatic carbocycles. The summed E-state index contributed by atoms with van der Waals surface area (Å²) < 4.78 is 5.78. The number of ether oxygens (including phenoxy) is 1. The fourth-order valence-electron chi connectivity index (χ4n) is 3.64. The van der Waals surface area contributed by atoms with Crippen LogP contribution in [0.25, 0.3) is 0 Å². The fourth-order valence-corrected chi connectivity index (χ4v) is 3.75. The van der Waals surface area contributed by atoms with Crippen molar-refractivity contribution in [2.45, 2.75) is 32.8 Å². The summed E-state index contributed by atoms with van der Waals surface area (Å²) in [5.74, 6) is 0.506. The van der Waals surface area contributed by atoms with Gasteiger partial charge in [-0.2, -0.15) is 0 Å². The van der Waals surface area contributed by atoms with Crippen LogP contribution in [-0.4, -0.2) is 36.2 Å². The van der Waals surface area contributed by atoms with Gasteiger partial charge in [-0.1, -0.05) is 37.6 Å². The van der Waals surface area contributed by atoms with Gasteiger partial charge in [-0.25, -0.2) is 9.78 Å². The Morgan fingerprint density at radius 1 is 1.13 bits per heavy atom. The Morgan fingerprint density at radius 2 is 1.84 bits per heavy atom. The number of carbonyl (C=O) groups excluding carboxylic acids is 2. The summed E-state index contributed by atoms with van der Waals surface area (Å²) in [5.41, 5.74) is 0.691. The van der Waals surface area contributed by atoms with Gasteiger partial charge in [0.05, 0.1) is 16.3 Å². The molecule has 1 aliphatic heterocycles. The standard InChI is InChI=1S/C22H27ClN4O3.ClH/c1-14(2)20(15-9-11-24-12-10-15)30-22(29)26-18-6-4-3-5-17(18)21(28)27-19-8-7-16(23)13-25-19;/h3-8,13-15,20,24H,9-12H2,1-2H3,(H,26,29)(H,25,27,28);1H. The van der Waals surface area contributed by atoms with Crippen molar-refractivity contribution in [3.8, 4) is 0 Å². The van der Waals surface area contributed by atoms with Crippen LogP contribution in [0.5, 0.6) is 0 Å². The minimum Gasteiger partial charge on any atom is -0.445 e. The molecule has 1 aromatic heterocycles. The van der Waals surface area contributed by atoms with Crippen LogP contribution in [0.3, 0.4) is 0 Å². The van der Waals surface area contributed by atoms with Gasteiger partial charge in [0, 0.05) is 6.20 Å². The molecule has 1 atom stereocenters. The van der Waals surface area contributed by atoms with Crippen molar-refractivity contribution in [3.63, 3.8) is 0 Å². The van der Waals surface area contributed by atoms with E-state index in [-0.39, 0.29) is 30.3 Å². The number of benzene rings is 1. The molecule has 2 amide bonds. The van der Waals surface area contributed by atoms with Crippen LogP contribution >= 0.6 is 24.0 Å². The molecule has 0 spiro atoms. The first-order valence-corrected chi connectivity index (χ1v) is 10.5. The smallest absolute Gasteiger partial charge is 0.411 e. The zero-order valence-electron chi connectivity index (χ0n) is 17.6. The molecular formula is C22H28Cl2N4O3. The molecule has 2 aromatic rings. The highest BCUT2D eigenvalue weighted by Crippen LogP contribution is 2.26. The number of halogens is 2. The van der Waals surface area contributed by atoms with Gasteiger partial charge in [-0.3, -0.25) is 10.1 Å². The van der Waals surface area contributed by atoms with Crippen molar-refractivity contribution >= 4 is 47.5 Å². The van der Waals surface area contributed by atoms with Crippen LogP contribution in [0.4, 0.5) is 16.3 Å². The number of para-hydroxylation sites is 1. The number of nitrogens with one attached hydrogen (secondary N) is 3. The van der Waals surface area contributed by atoms with Gasteiger partial charge >= 0.3 is 6.09 Å². The third-order valence-electron chi connectivity index (χ3n) is 5.13. The minimum absolute atomic E-state index is 0. The van der Waals surface area contributed by atoms with Crippen LogP contribution < -0.4 is 16.0 Å². The van der Waals surface area contributed by atoms with Gasteiger partial charge in [0.1, 0.15) is 11.9 Å². The van der Waals surface area contributed by atoms with Crippen molar-refractivity contribution < 1.29 is 14.3 Å². The molecule has 0 saturated carbocycles. The Morgan fingerprint density at radius 3 is 2.48 bits per heavy atom. The lowest BCUT2D eigenvalue weighted by atomic mass is 9.86. The average Bonchev–Trinajstić information content (AvgIpc) is 2.74. The lowest BCUT2D eigenvalue weighted by Crippen LogP contribution is -2.39. The van der Waals surface area contributed by atoms with Crippen LogP contribution in [0.15, 0.2) is 42.6 Å². The van der Waals surface area contributed by atoms with Crippen molar-refractivity contribution in [2.75, 3.05) is 23.7 Å². The Bertz CT molecular complexity index is 871. The van der Waals surface area contributed by atoms with Crippen LogP contribution in [0.1, 0.15) is 37.0 Å². The monoisotopic (exact) mass is 466 g/mol. The summed E-state index contributed by atoms with van der Waals surface area (Å²) in [4.78, 5) is 29.4. The maximum absolute atomic E-state index is 12.7. The Kier molecular flexibility index (Phi) is 9.55. The van der Waals surface area contributed by atoms with Gasteiger partial charge in [-0.05, 0) is 62.0 Å². The summed E-state index contributed by atoms with van der Waals surface area (Å²) >= 11 is 5.83. The third kappa shape index (κ3) is 7.09. The molecule has 2 heterocycles. The number of carbonyl (C=O) groups is 2.